The van der Waals surface area contributed by atoms with Crippen molar-refractivity contribution in [2.24, 2.45) is 0 Å². The second-order valence-corrected chi connectivity index (χ2v) is 3.22. The predicted octanol–water partition coefficient (Wildman–Crippen LogP) is 2.54. The van der Waals surface area contributed by atoms with E-state index in [1.165, 1.54) is 6.92 Å². The third-order valence-electron chi connectivity index (χ3n) is 1.85. The Labute approximate surface area is 84.3 Å². The average Bonchev–Trinajstić information content (AvgIpc) is 2.06. The quantitative estimate of drug-likeness (QED) is 0.828. The lowest BCUT2D eigenvalue weighted by molar-refractivity contribution is -0.137. The lowest BCUT2D eigenvalue weighted by Gasteiger charge is -2.09. The maximum Gasteiger partial charge on any atom is 0.416 e. The van der Waals surface area contributed by atoms with Crippen LogP contribution in [0.3, 0.4) is 0 Å². The van der Waals surface area contributed by atoms with Crippen LogP contribution in [0.1, 0.15) is 18.1 Å². The zero-order chi connectivity index (χ0) is 11.6. The molecule has 0 saturated heterocycles. The minimum absolute atomic E-state index is 0.00248. The summed E-state index contributed by atoms with van der Waals surface area (Å²) in [6.07, 6.45) is -4.66. The van der Waals surface area contributed by atoms with Gasteiger partial charge >= 0.3 is 6.18 Å². The average molecular weight is 218 g/mol. The van der Waals surface area contributed by atoms with Gasteiger partial charge in [-0.3, -0.25) is 4.79 Å². The molecule has 0 aliphatic heterocycles. The van der Waals surface area contributed by atoms with Gasteiger partial charge in [-0.1, -0.05) is 0 Å². The van der Waals surface area contributed by atoms with E-state index in [9.17, 15) is 23.1 Å². The van der Waals surface area contributed by atoms with Gasteiger partial charge in [0.2, 0.25) is 0 Å². The molecule has 0 atom stereocenters. The van der Waals surface area contributed by atoms with Crippen LogP contribution in [0.15, 0.2) is 18.2 Å². The number of phenols is 1. The van der Waals surface area contributed by atoms with Crippen molar-refractivity contribution in [3.63, 3.8) is 0 Å². The molecule has 1 aromatic carbocycles. The topological polar surface area (TPSA) is 37.3 Å². The SMILES string of the molecule is CC(=O)Cc1cc(C(F)(F)F)ccc1O. The van der Waals surface area contributed by atoms with E-state index in [0.717, 1.165) is 18.2 Å². The Morgan fingerprint density at radius 2 is 2.00 bits per heavy atom. The third kappa shape index (κ3) is 2.97. The van der Waals surface area contributed by atoms with Crippen molar-refractivity contribution in [3.05, 3.63) is 29.3 Å². The first-order chi connectivity index (χ1) is 6.80. The van der Waals surface area contributed by atoms with E-state index in [4.69, 9.17) is 0 Å². The number of ketones is 1. The smallest absolute Gasteiger partial charge is 0.416 e. The highest BCUT2D eigenvalue weighted by Gasteiger charge is 2.31. The van der Waals surface area contributed by atoms with Gasteiger partial charge in [0.25, 0.3) is 0 Å². The Hall–Kier alpha value is -1.52. The molecule has 0 aromatic heterocycles. The molecule has 0 aliphatic carbocycles. The van der Waals surface area contributed by atoms with Gasteiger partial charge in [0, 0.05) is 12.0 Å². The molecule has 0 unspecified atom stereocenters. The summed E-state index contributed by atoms with van der Waals surface area (Å²) < 4.78 is 36.8. The molecular formula is C10H9F3O2. The zero-order valence-corrected chi connectivity index (χ0v) is 7.93. The monoisotopic (exact) mass is 218 g/mol. The first kappa shape index (κ1) is 11.6. The number of halogens is 3. The van der Waals surface area contributed by atoms with Gasteiger partial charge < -0.3 is 5.11 Å². The summed E-state index contributed by atoms with van der Waals surface area (Å²) in [6.45, 7) is 1.25. The van der Waals surface area contributed by atoms with E-state index < -0.39 is 11.7 Å². The Balaban J connectivity index is 3.11. The first-order valence-electron chi connectivity index (χ1n) is 4.19. The highest BCUT2D eigenvalue weighted by atomic mass is 19.4. The molecule has 82 valence electrons. The third-order valence-corrected chi connectivity index (χ3v) is 1.85. The van der Waals surface area contributed by atoms with Crippen molar-refractivity contribution in [1.82, 2.24) is 0 Å². The number of aromatic hydroxyl groups is 1. The molecule has 0 amide bonds. The van der Waals surface area contributed by atoms with Gasteiger partial charge in [-0.2, -0.15) is 13.2 Å². The van der Waals surface area contributed by atoms with Crippen LogP contribution in [-0.4, -0.2) is 10.9 Å². The van der Waals surface area contributed by atoms with E-state index in [2.05, 4.69) is 0 Å². The number of phenolic OH excluding ortho intramolecular Hbond substituents is 1. The van der Waals surface area contributed by atoms with E-state index in [1.54, 1.807) is 0 Å². The number of hydrogen-bond acceptors (Lipinski definition) is 2. The fourth-order valence-electron chi connectivity index (χ4n) is 1.17. The molecule has 1 N–H and O–H groups in total. The minimum atomic E-state index is -4.46. The number of Topliss-reactive ketones (excluding diaryl/α,β-unsaturated/α-hetero) is 1. The summed E-state index contributed by atoms with van der Waals surface area (Å²) in [5.74, 6) is -0.595. The number of rotatable bonds is 2. The van der Waals surface area contributed by atoms with Gasteiger partial charge in [0.05, 0.1) is 5.56 Å². The molecule has 0 heterocycles. The molecule has 0 aliphatic rings. The number of hydrogen-bond donors (Lipinski definition) is 1. The summed E-state index contributed by atoms with van der Waals surface area (Å²) in [4.78, 5) is 10.7. The highest BCUT2D eigenvalue weighted by Crippen LogP contribution is 2.32. The summed E-state index contributed by atoms with van der Waals surface area (Å²) >= 11 is 0. The van der Waals surface area contributed by atoms with Crippen molar-refractivity contribution in [3.8, 4) is 5.75 Å². The van der Waals surface area contributed by atoms with Gasteiger partial charge in [0.1, 0.15) is 11.5 Å². The van der Waals surface area contributed by atoms with E-state index in [1.807, 2.05) is 0 Å². The van der Waals surface area contributed by atoms with Gasteiger partial charge in [-0.05, 0) is 25.1 Å². The summed E-state index contributed by atoms with van der Waals surface area (Å²) in [5.41, 5.74) is -0.867. The summed E-state index contributed by atoms with van der Waals surface area (Å²) in [6, 6.07) is 2.51. The molecular weight excluding hydrogens is 209 g/mol. The van der Waals surface area contributed by atoms with Crippen LogP contribution in [0.5, 0.6) is 5.75 Å². The maximum atomic E-state index is 12.3. The molecule has 0 saturated carbocycles. The summed E-state index contributed by atoms with van der Waals surface area (Å²) in [7, 11) is 0. The molecule has 0 bridgehead atoms. The van der Waals surface area contributed by atoms with Crippen molar-refractivity contribution in [2.45, 2.75) is 19.5 Å². The van der Waals surface area contributed by atoms with Crippen molar-refractivity contribution in [1.29, 1.82) is 0 Å². The van der Waals surface area contributed by atoms with Gasteiger partial charge in [-0.15, -0.1) is 0 Å². The Morgan fingerprint density at radius 3 is 2.47 bits per heavy atom. The Morgan fingerprint density at radius 1 is 1.40 bits per heavy atom. The minimum Gasteiger partial charge on any atom is -0.508 e. The Kier molecular flexibility index (Phi) is 3.02. The standard InChI is InChI=1S/C10H9F3O2/c1-6(14)4-7-5-8(10(11,12)13)2-3-9(7)15/h2-3,5,15H,4H2,1H3. The van der Waals surface area contributed by atoms with Crippen LogP contribution in [0.2, 0.25) is 0 Å². The molecule has 0 spiro atoms. The molecule has 15 heavy (non-hydrogen) atoms. The van der Waals surface area contributed by atoms with Crippen LogP contribution < -0.4 is 0 Å². The normalized spacial score (nSPS) is 11.5. The van der Waals surface area contributed by atoms with Crippen molar-refractivity contribution >= 4 is 5.78 Å². The van der Waals surface area contributed by atoms with Gasteiger partial charge in [-0.25, -0.2) is 0 Å². The zero-order valence-electron chi connectivity index (χ0n) is 7.93. The van der Waals surface area contributed by atoms with E-state index >= 15 is 0 Å². The number of carbonyl (C=O) groups is 1. The molecule has 5 heteroatoms. The number of benzene rings is 1. The maximum absolute atomic E-state index is 12.3. The van der Waals surface area contributed by atoms with Crippen LogP contribution in [0, 0.1) is 0 Å². The fraction of sp³-hybridized carbons (Fsp3) is 0.300. The second kappa shape index (κ2) is 3.92. The fourth-order valence-corrected chi connectivity index (χ4v) is 1.17. The van der Waals surface area contributed by atoms with Crippen LogP contribution in [-0.2, 0) is 17.4 Å². The van der Waals surface area contributed by atoms with Gasteiger partial charge in [0.15, 0.2) is 0 Å². The molecule has 1 aromatic rings. The van der Waals surface area contributed by atoms with E-state index in [-0.39, 0.29) is 23.5 Å². The Bertz CT molecular complexity index is 383. The molecule has 2 nitrogen and oxygen atoms in total. The summed E-state index contributed by atoms with van der Waals surface area (Å²) in [5, 5.41) is 9.23. The first-order valence-corrected chi connectivity index (χ1v) is 4.19. The lowest BCUT2D eigenvalue weighted by atomic mass is 10.0. The highest BCUT2D eigenvalue weighted by molar-refractivity contribution is 5.79. The predicted molar refractivity (Wildman–Crippen MR) is 47.5 cm³/mol. The largest absolute Gasteiger partial charge is 0.508 e. The number of carbonyl (C=O) groups excluding carboxylic acids is 1. The van der Waals surface area contributed by atoms with E-state index in [0.29, 0.717) is 0 Å². The van der Waals surface area contributed by atoms with Crippen LogP contribution in [0.25, 0.3) is 0 Å². The number of alkyl halides is 3. The molecule has 0 fully saturated rings. The second-order valence-electron chi connectivity index (χ2n) is 3.22. The lowest BCUT2D eigenvalue weighted by Crippen LogP contribution is -2.06. The van der Waals surface area contributed by atoms with Crippen molar-refractivity contribution < 1.29 is 23.1 Å². The van der Waals surface area contributed by atoms with Crippen molar-refractivity contribution in [2.75, 3.05) is 0 Å². The molecule has 1 rings (SSSR count). The molecule has 0 radical (unpaired) electrons. The van der Waals surface area contributed by atoms with Crippen LogP contribution >= 0.6 is 0 Å². The van der Waals surface area contributed by atoms with Crippen LogP contribution in [0.4, 0.5) is 13.2 Å².